The smallest absolute Gasteiger partial charge is 0.286 e. The zero-order valence-corrected chi connectivity index (χ0v) is 13.8. The molecule has 4 nitrogen and oxygen atoms in total. The van der Waals surface area contributed by atoms with Crippen LogP contribution in [0.5, 0.6) is 0 Å². The van der Waals surface area contributed by atoms with Crippen LogP contribution >= 0.6 is 22.9 Å². The van der Waals surface area contributed by atoms with Crippen molar-refractivity contribution in [3.05, 3.63) is 76.0 Å². The zero-order valence-electron chi connectivity index (χ0n) is 12.2. The molecule has 0 fully saturated rings. The van der Waals surface area contributed by atoms with E-state index in [1.807, 2.05) is 30.3 Å². The van der Waals surface area contributed by atoms with E-state index in [4.69, 9.17) is 11.6 Å². The number of rotatable bonds is 4. The Labute approximate surface area is 146 Å². The van der Waals surface area contributed by atoms with Gasteiger partial charge >= 0.3 is 0 Å². The molecule has 0 aliphatic rings. The molecule has 0 radical (unpaired) electrons. The Morgan fingerprint density at radius 1 is 1.04 bits per heavy atom. The van der Waals surface area contributed by atoms with Crippen molar-refractivity contribution >= 4 is 45.6 Å². The molecule has 2 aromatic carbocycles. The predicted octanol–water partition coefficient (Wildman–Crippen LogP) is 4.67. The van der Waals surface area contributed by atoms with E-state index in [1.54, 1.807) is 6.08 Å². The van der Waals surface area contributed by atoms with E-state index >= 15 is 0 Å². The maximum atomic E-state index is 12.9. The van der Waals surface area contributed by atoms with Gasteiger partial charge in [-0.3, -0.25) is 4.79 Å². The van der Waals surface area contributed by atoms with E-state index < -0.39 is 5.91 Å². The number of nitrogens with one attached hydrogen (secondary N) is 1. The molecule has 1 heterocycles. The van der Waals surface area contributed by atoms with Crippen molar-refractivity contribution in [2.24, 2.45) is 0 Å². The number of nitrogens with zero attached hydrogens (tertiary/aromatic N) is 2. The van der Waals surface area contributed by atoms with Crippen LogP contribution in [0.4, 0.5) is 10.1 Å². The van der Waals surface area contributed by atoms with E-state index in [1.165, 1.54) is 24.3 Å². The van der Waals surface area contributed by atoms with Crippen LogP contribution in [0.2, 0.25) is 0 Å². The van der Waals surface area contributed by atoms with E-state index in [-0.39, 0.29) is 10.8 Å². The topological polar surface area (TPSA) is 54.9 Å². The fourth-order valence-corrected chi connectivity index (χ4v) is 2.81. The summed E-state index contributed by atoms with van der Waals surface area (Å²) >= 11 is 7.31. The number of carbonyl (C=O) groups excluding carboxylic acids is 1. The molecule has 0 atom stereocenters. The standard InChI is InChI=1S/C17H11ClFN3OS/c18-14(10-11-4-2-1-3-5-11)16-21-22-17(24-16)15(23)20-13-8-6-12(19)7-9-13/h1-10H,(H,20,23). The van der Waals surface area contributed by atoms with E-state index in [0.29, 0.717) is 15.7 Å². The minimum Gasteiger partial charge on any atom is -0.320 e. The highest BCUT2D eigenvalue weighted by Crippen LogP contribution is 2.25. The van der Waals surface area contributed by atoms with Crippen molar-refractivity contribution in [3.8, 4) is 0 Å². The van der Waals surface area contributed by atoms with Gasteiger partial charge in [-0.15, -0.1) is 10.2 Å². The first-order chi connectivity index (χ1) is 11.6. The van der Waals surface area contributed by atoms with Crippen LogP contribution in [0, 0.1) is 5.82 Å². The number of aromatic nitrogens is 2. The molecule has 0 unspecified atom stereocenters. The molecule has 0 bridgehead atoms. The Morgan fingerprint density at radius 2 is 1.71 bits per heavy atom. The van der Waals surface area contributed by atoms with Crippen molar-refractivity contribution < 1.29 is 9.18 Å². The van der Waals surface area contributed by atoms with Crippen LogP contribution in [-0.2, 0) is 0 Å². The second-order valence-corrected chi connectivity index (χ2v) is 6.16. The quantitative estimate of drug-likeness (QED) is 0.736. The minimum atomic E-state index is -0.422. The Balaban J connectivity index is 1.74. The normalized spacial score (nSPS) is 11.3. The molecular weight excluding hydrogens is 349 g/mol. The van der Waals surface area contributed by atoms with Crippen LogP contribution in [-0.4, -0.2) is 16.1 Å². The predicted molar refractivity (Wildman–Crippen MR) is 94.4 cm³/mol. The molecule has 0 aliphatic heterocycles. The van der Waals surface area contributed by atoms with Gasteiger partial charge in [-0.2, -0.15) is 0 Å². The number of carbonyl (C=O) groups is 1. The first kappa shape index (κ1) is 16.3. The van der Waals surface area contributed by atoms with Gasteiger partial charge in [0, 0.05) is 5.69 Å². The maximum Gasteiger partial charge on any atom is 0.286 e. The molecule has 0 saturated heterocycles. The van der Waals surface area contributed by atoms with Gasteiger partial charge in [-0.05, 0) is 35.9 Å². The summed E-state index contributed by atoms with van der Waals surface area (Å²) < 4.78 is 12.9. The first-order valence-electron chi connectivity index (χ1n) is 6.95. The van der Waals surface area contributed by atoms with Crippen molar-refractivity contribution in [1.29, 1.82) is 0 Å². The number of hydrogen-bond donors (Lipinski definition) is 1. The Morgan fingerprint density at radius 3 is 2.42 bits per heavy atom. The molecule has 0 saturated carbocycles. The van der Waals surface area contributed by atoms with Crippen molar-refractivity contribution in [3.63, 3.8) is 0 Å². The summed E-state index contributed by atoms with van der Waals surface area (Å²) in [4.78, 5) is 12.1. The molecule has 3 rings (SSSR count). The van der Waals surface area contributed by atoms with Crippen LogP contribution in [0.1, 0.15) is 20.4 Å². The summed E-state index contributed by atoms with van der Waals surface area (Å²) in [5.74, 6) is -0.793. The van der Waals surface area contributed by atoms with Crippen LogP contribution in [0.3, 0.4) is 0 Å². The van der Waals surface area contributed by atoms with Gasteiger partial charge in [-0.1, -0.05) is 53.3 Å². The average molecular weight is 360 g/mol. The van der Waals surface area contributed by atoms with Crippen molar-refractivity contribution in [2.45, 2.75) is 0 Å². The highest BCUT2D eigenvalue weighted by molar-refractivity contribution is 7.15. The lowest BCUT2D eigenvalue weighted by molar-refractivity contribution is 0.102. The summed E-state index contributed by atoms with van der Waals surface area (Å²) in [6.45, 7) is 0. The molecule has 1 N–H and O–H groups in total. The molecule has 120 valence electrons. The van der Waals surface area contributed by atoms with E-state index in [0.717, 1.165) is 16.9 Å². The molecule has 24 heavy (non-hydrogen) atoms. The first-order valence-corrected chi connectivity index (χ1v) is 8.14. The lowest BCUT2D eigenvalue weighted by Crippen LogP contribution is -2.11. The monoisotopic (exact) mass is 359 g/mol. The van der Waals surface area contributed by atoms with E-state index in [9.17, 15) is 9.18 Å². The lowest BCUT2D eigenvalue weighted by atomic mass is 10.2. The Hall–Kier alpha value is -2.57. The average Bonchev–Trinajstić information content (AvgIpc) is 3.08. The number of anilines is 1. The summed E-state index contributed by atoms with van der Waals surface area (Å²) in [5.41, 5.74) is 1.40. The summed E-state index contributed by atoms with van der Waals surface area (Å²) in [7, 11) is 0. The second kappa shape index (κ2) is 7.33. The SMILES string of the molecule is O=C(Nc1ccc(F)cc1)c1nnc(C(Cl)=Cc2ccccc2)s1. The summed E-state index contributed by atoms with van der Waals surface area (Å²) in [6, 6.07) is 15.0. The van der Waals surface area contributed by atoms with Crippen molar-refractivity contribution in [2.75, 3.05) is 5.32 Å². The van der Waals surface area contributed by atoms with Gasteiger partial charge in [0.05, 0.1) is 5.03 Å². The molecule has 0 spiro atoms. The summed E-state index contributed by atoms with van der Waals surface area (Å²) in [6.07, 6.45) is 1.75. The number of halogens is 2. The maximum absolute atomic E-state index is 12.9. The molecule has 1 amide bonds. The number of hydrogen-bond acceptors (Lipinski definition) is 4. The molecule has 0 aliphatic carbocycles. The van der Waals surface area contributed by atoms with Crippen LogP contribution < -0.4 is 5.32 Å². The molecule has 1 aromatic heterocycles. The van der Waals surface area contributed by atoms with Gasteiger partial charge in [0.25, 0.3) is 5.91 Å². The third-order valence-corrected chi connectivity index (χ3v) is 4.37. The Bertz CT molecular complexity index is 878. The fraction of sp³-hybridized carbons (Fsp3) is 0. The third-order valence-electron chi connectivity index (χ3n) is 3.02. The highest BCUT2D eigenvalue weighted by Gasteiger charge is 2.14. The zero-order chi connectivity index (χ0) is 16.9. The van der Waals surface area contributed by atoms with Crippen molar-refractivity contribution in [1.82, 2.24) is 10.2 Å². The molecular formula is C17H11ClFN3OS. The second-order valence-electron chi connectivity index (χ2n) is 4.78. The van der Waals surface area contributed by atoms with Gasteiger partial charge in [0.1, 0.15) is 5.82 Å². The Kier molecular flexibility index (Phi) is 4.98. The number of benzene rings is 2. The molecule has 7 heteroatoms. The minimum absolute atomic E-state index is 0.175. The van der Waals surface area contributed by atoms with E-state index in [2.05, 4.69) is 15.5 Å². The van der Waals surface area contributed by atoms with Gasteiger partial charge in [-0.25, -0.2) is 4.39 Å². The van der Waals surface area contributed by atoms with Crippen LogP contribution in [0.15, 0.2) is 54.6 Å². The largest absolute Gasteiger partial charge is 0.320 e. The highest BCUT2D eigenvalue weighted by atomic mass is 35.5. The molecule has 3 aromatic rings. The van der Waals surface area contributed by atoms with Gasteiger partial charge < -0.3 is 5.32 Å². The summed E-state index contributed by atoms with van der Waals surface area (Å²) in [5, 5.41) is 11.4. The number of amides is 1. The lowest BCUT2D eigenvalue weighted by Gasteiger charge is -2.01. The van der Waals surface area contributed by atoms with Crippen LogP contribution in [0.25, 0.3) is 11.1 Å². The fourth-order valence-electron chi connectivity index (χ4n) is 1.89. The third kappa shape index (κ3) is 4.04. The van der Waals surface area contributed by atoms with Gasteiger partial charge in [0.15, 0.2) is 5.01 Å². The van der Waals surface area contributed by atoms with Gasteiger partial charge in [0.2, 0.25) is 5.01 Å².